The highest BCUT2D eigenvalue weighted by Gasteiger charge is 2.11. The number of amides is 2. The molecule has 2 amide bonds. The Balaban J connectivity index is 2.08. The summed E-state index contributed by atoms with van der Waals surface area (Å²) in [6.45, 7) is 3.96. The van der Waals surface area contributed by atoms with Crippen molar-refractivity contribution in [2.75, 3.05) is 5.32 Å². The van der Waals surface area contributed by atoms with Crippen molar-refractivity contribution in [2.45, 2.75) is 33.1 Å². The summed E-state index contributed by atoms with van der Waals surface area (Å²) in [6, 6.07) is 13.8. The molecule has 130 valence electrons. The fourth-order valence-electron chi connectivity index (χ4n) is 2.28. The van der Waals surface area contributed by atoms with E-state index in [-0.39, 0.29) is 19.3 Å². The Kier molecular flexibility index (Phi) is 6.38. The van der Waals surface area contributed by atoms with Gasteiger partial charge in [-0.3, -0.25) is 0 Å². The highest BCUT2D eigenvalue weighted by molar-refractivity contribution is 5.91. The van der Waals surface area contributed by atoms with Crippen molar-refractivity contribution in [3.05, 3.63) is 59.2 Å². The van der Waals surface area contributed by atoms with E-state index in [1.807, 2.05) is 38.1 Å². The highest BCUT2D eigenvalue weighted by Crippen LogP contribution is 2.26. The number of hydrogen-bond donors (Lipinski definition) is 3. The van der Waals surface area contributed by atoms with E-state index in [0.717, 1.165) is 11.1 Å². The Hall–Kier alpha value is -3.04. The lowest BCUT2D eigenvalue weighted by atomic mass is 10.1. The van der Waals surface area contributed by atoms with Crippen LogP contribution in [0.1, 0.15) is 30.5 Å². The number of rotatable bonds is 6. The van der Waals surface area contributed by atoms with Gasteiger partial charge in [-0.2, -0.15) is 5.26 Å². The Morgan fingerprint density at radius 2 is 1.96 bits per heavy atom. The van der Waals surface area contributed by atoms with Gasteiger partial charge in [0.2, 0.25) is 0 Å². The Morgan fingerprint density at radius 3 is 2.60 bits per heavy atom. The van der Waals surface area contributed by atoms with Crippen LogP contribution in [0.15, 0.2) is 42.5 Å². The molecule has 0 aliphatic heterocycles. The minimum atomic E-state index is -0.420. The summed E-state index contributed by atoms with van der Waals surface area (Å²) in [5, 5.41) is 23.8. The first-order valence-electron chi connectivity index (χ1n) is 7.96. The zero-order valence-corrected chi connectivity index (χ0v) is 14.2. The molecule has 0 saturated carbocycles. The van der Waals surface area contributed by atoms with Crippen molar-refractivity contribution < 1.29 is 14.6 Å². The van der Waals surface area contributed by atoms with Crippen LogP contribution in [-0.2, 0) is 13.2 Å². The topological polar surface area (TPSA) is 94.4 Å². The van der Waals surface area contributed by atoms with Gasteiger partial charge in [-0.05, 0) is 43.2 Å². The van der Waals surface area contributed by atoms with Crippen molar-refractivity contribution in [2.24, 2.45) is 0 Å². The molecule has 2 aromatic rings. The van der Waals surface area contributed by atoms with Gasteiger partial charge in [0, 0.05) is 6.54 Å². The highest BCUT2D eigenvalue weighted by atomic mass is 16.5. The first kappa shape index (κ1) is 18.3. The third-order valence-electron chi connectivity index (χ3n) is 3.45. The van der Waals surface area contributed by atoms with Gasteiger partial charge in [-0.1, -0.05) is 24.3 Å². The average Bonchev–Trinajstić information content (AvgIpc) is 2.61. The number of carbonyl (C=O) groups excluding carboxylic acids is 1. The first-order valence-corrected chi connectivity index (χ1v) is 7.96. The van der Waals surface area contributed by atoms with Crippen LogP contribution in [0.2, 0.25) is 0 Å². The van der Waals surface area contributed by atoms with Gasteiger partial charge in [0.05, 0.1) is 30.0 Å². The van der Waals surface area contributed by atoms with E-state index < -0.39 is 6.03 Å². The third-order valence-corrected chi connectivity index (χ3v) is 3.45. The van der Waals surface area contributed by atoms with Gasteiger partial charge in [0.1, 0.15) is 5.75 Å². The molecule has 6 nitrogen and oxygen atoms in total. The maximum absolute atomic E-state index is 12.2. The number of ether oxygens (including phenoxy) is 1. The number of anilines is 1. The van der Waals surface area contributed by atoms with E-state index in [0.29, 0.717) is 17.0 Å². The second-order valence-electron chi connectivity index (χ2n) is 5.72. The Labute approximate surface area is 147 Å². The van der Waals surface area contributed by atoms with Gasteiger partial charge in [-0.15, -0.1) is 0 Å². The summed E-state index contributed by atoms with van der Waals surface area (Å²) in [7, 11) is 0. The second-order valence-corrected chi connectivity index (χ2v) is 5.72. The quantitative estimate of drug-likeness (QED) is 0.753. The van der Waals surface area contributed by atoms with E-state index in [1.165, 1.54) is 0 Å². The normalized spacial score (nSPS) is 10.2. The summed E-state index contributed by atoms with van der Waals surface area (Å²) in [5.74, 6) is 0.500. The number of nitrogens with zero attached hydrogens (tertiary/aromatic N) is 1. The zero-order valence-electron chi connectivity index (χ0n) is 14.2. The first-order chi connectivity index (χ1) is 12.0. The monoisotopic (exact) mass is 339 g/mol. The molecule has 0 saturated heterocycles. The fourth-order valence-corrected chi connectivity index (χ4v) is 2.28. The molecular weight excluding hydrogens is 318 g/mol. The van der Waals surface area contributed by atoms with Crippen LogP contribution in [0.5, 0.6) is 5.75 Å². The lowest BCUT2D eigenvalue weighted by molar-refractivity contribution is 0.241. The van der Waals surface area contributed by atoms with Crippen molar-refractivity contribution in [3.8, 4) is 11.8 Å². The molecular formula is C19H21N3O3. The predicted octanol–water partition coefficient (Wildman–Crippen LogP) is 3.16. The minimum absolute atomic E-state index is 0.0621. The van der Waals surface area contributed by atoms with E-state index in [2.05, 4.69) is 10.6 Å². The minimum Gasteiger partial charge on any atom is -0.489 e. The number of aliphatic hydroxyl groups is 1. The molecule has 25 heavy (non-hydrogen) atoms. The summed E-state index contributed by atoms with van der Waals surface area (Å²) in [5.41, 5.74) is 2.46. The van der Waals surface area contributed by atoms with Gasteiger partial charge in [0.25, 0.3) is 0 Å². The zero-order chi connectivity index (χ0) is 18.2. The number of nitrogens with one attached hydrogen (secondary N) is 2. The fraction of sp³-hybridized carbons (Fsp3) is 0.263. The predicted molar refractivity (Wildman–Crippen MR) is 95.1 cm³/mol. The van der Waals surface area contributed by atoms with Crippen molar-refractivity contribution in [1.29, 1.82) is 5.26 Å². The van der Waals surface area contributed by atoms with Gasteiger partial charge >= 0.3 is 6.03 Å². The van der Waals surface area contributed by atoms with Gasteiger partial charge in [-0.25, -0.2) is 4.79 Å². The Bertz CT molecular complexity index is 782. The summed E-state index contributed by atoms with van der Waals surface area (Å²) in [4.78, 5) is 12.2. The Morgan fingerprint density at radius 1 is 1.24 bits per heavy atom. The van der Waals surface area contributed by atoms with Crippen LogP contribution in [0, 0.1) is 11.3 Å². The van der Waals surface area contributed by atoms with Crippen LogP contribution in [-0.4, -0.2) is 17.2 Å². The molecule has 0 atom stereocenters. The largest absolute Gasteiger partial charge is 0.489 e. The lowest BCUT2D eigenvalue weighted by Crippen LogP contribution is -2.29. The summed E-state index contributed by atoms with van der Waals surface area (Å²) in [6.07, 6.45) is -0.0621. The summed E-state index contributed by atoms with van der Waals surface area (Å²) >= 11 is 0. The van der Waals surface area contributed by atoms with Crippen molar-refractivity contribution in [1.82, 2.24) is 5.32 Å². The molecule has 0 aliphatic rings. The number of benzene rings is 2. The van der Waals surface area contributed by atoms with E-state index >= 15 is 0 Å². The molecule has 0 aromatic heterocycles. The van der Waals surface area contributed by atoms with Crippen LogP contribution in [0.4, 0.5) is 10.5 Å². The number of carbonyl (C=O) groups is 1. The lowest BCUT2D eigenvalue weighted by Gasteiger charge is -2.16. The van der Waals surface area contributed by atoms with Crippen LogP contribution < -0.4 is 15.4 Å². The molecule has 0 aliphatic carbocycles. The second kappa shape index (κ2) is 8.71. The molecule has 6 heteroatoms. The SMILES string of the molecule is CC(C)Oc1ccc(C#N)cc1NC(=O)NCc1ccccc1CO. The van der Waals surface area contributed by atoms with E-state index in [1.54, 1.807) is 24.3 Å². The number of nitriles is 1. The average molecular weight is 339 g/mol. The maximum atomic E-state index is 12.2. The molecule has 0 fully saturated rings. The van der Waals surface area contributed by atoms with Crippen molar-refractivity contribution in [3.63, 3.8) is 0 Å². The van der Waals surface area contributed by atoms with Crippen LogP contribution >= 0.6 is 0 Å². The van der Waals surface area contributed by atoms with Gasteiger partial charge in [0.15, 0.2) is 0 Å². The molecule has 0 bridgehead atoms. The molecule has 3 N–H and O–H groups in total. The van der Waals surface area contributed by atoms with E-state index in [9.17, 15) is 9.90 Å². The molecule has 0 spiro atoms. The van der Waals surface area contributed by atoms with Gasteiger partial charge < -0.3 is 20.5 Å². The summed E-state index contributed by atoms with van der Waals surface area (Å²) < 4.78 is 5.66. The maximum Gasteiger partial charge on any atom is 0.319 e. The van der Waals surface area contributed by atoms with Crippen LogP contribution in [0.25, 0.3) is 0 Å². The smallest absolute Gasteiger partial charge is 0.319 e. The number of hydrogen-bond acceptors (Lipinski definition) is 4. The molecule has 0 radical (unpaired) electrons. The van der Waals surface area contributed by atoms with Crippen LogP contribution in [0.3, 0.4) is 0 Å². The third kappa shape index (κ3) is 5.23. The molecule has 2 rings (SSSR count). The molecule has 0 heterocycles. The molecule has 2 aromatic carbocycles. The van der Waals surface area contributed by atoms with Crippen molar-refractivity contribution >= 4 is 11.7 Å². The number of urea groups is 1. The standard InChI is InChI=1S/C19H21N3O3/c1-13(2)25-18-8-7-14(10-20)9-17(18)22-19(24)21-11-15-5-3-4-6-16(15)12-23/h3-9,13,23H,11-12H2,1-2H3,(H2,21,22,24). The molecule has 0 unspecified atom stereocenters. The van der Waals surface area contributed by atoms with E-state index in [4.69, 9.17) is 10.00 Å². The number of aliphatic hydroxyl groups excluding tert-OH is 1.